The molecule has 3 aromatic rings. The van der Waals surface area contributed by atoms with Gasteiger partial charge < -0.3 is 15.4 Å². The Morgan fingerprint density at radius 1 is 1.15 bits per heavy atom. The number of hydrogen-bond donors (Lipinski definition) is 2. The molecule has 26 heavy (non-hydrogen) atoms. The zero-order chi connectivity index (χ0) is 18.7. The number of halogens is 1. The molecular formula is C19H19BrN4O2. The normalized spacial score (nSPS) is 10.5. The summed E-state index contributed by atoms with van der Waals surface area (Å²) in [4.78, 5) is 12.3. The minimum atomic E-state index is -0.322. The molecule has 6 nitrogen and oxygen atoms in total. The molecule has 0 spiro atoms. The lowest BCUT2D eigenvalue weighted by Crippen LogP contribution is -2.19. The molecule has 7 heteroatoms. The molecule has 0 bridgehead atoms. The first-order chi connectivity index (χ1) is 12.5. The van der Waals surface area contributed by atoms with Gasteiger partial charge in [0.25, 0.3) is 0 Å². The molecule has 0 aliphatic heterocycles. The Morgan fingerprint density at radius 2 is 1.88 bits per heavy atom. The van der Waals surface area contributed by atoms with Crippen LogP contribution >= 0.6 is 15.9 Å². The van der Waals surface area contributed by atoms with E-state index < -0.39 is 0 Å². The number of nitrogens with one attached hydrogen (secondary N) is 2. The van der Waals surface area contributed by atoms with Gasteiger partial charge in [-0.1, -0.05) is 12.1 Å². The molecule has 134 valence electrons. The van der Waals surface area contributed by atoms with Crippen molar-refractivity contribution in [3.05, 3.63) is 58.7 Å². The third-order valence-corrected chi connectivity index (χ3v) is 4.55. The summed E-state index contributed by atoms with van der Waals surface area (Å²) in [6, 6.07) is 12.6. The maximum Gasteiger partial charge on any atom is 0.323 e. The van der Waals surface area contributed by atoms with Crippen molar-refractivity contribution in [1.82, 2.24) is 9.78 Å². The van der Waals surface area contributed by atoms with Crippen molar-refractivity contribution >= 4 is 33.3 Å². The predicted octanol–water partition coefficient (Wildman–Crippen LogP) is 4.81. The van der Waals surface area contributed by atoms with Crippen LogP contribution in [0.3, 0.4) is 0 Å². The summed E-state index contributed by atoms with van der Waals surface area (Å²) in [7, 11) is 3.47. The number of carbonyl (C=O) groups excluding carboxylic acids is 1. The quantitative estimate of drug-likeness (QED) is 0.643. The van der Waals surface area contributed by atoms with Crippen LogP contribution < -0.4 is 15.4 Å². The summed E-state index contributed by atoms with van der Waals surface area (Å²) in [5, 5.41) is 9.92. The van der Waals surface area contributed by atoms with E-state index in [1.54, 1.807) is 30.1 Å². The van der Waals surface area contributed by atoms with Gasteiger partial charge in [-0.2, -0.15) is 5.10 Å². The topological polar surface area (TPSA) is 68.2 Å². The van der Waals surface area contributed by atoms with E-state index in [1.807, 2.05) is 44.3 Å². The first kappa shape index (κ1) is 18.0. The minimum Gasteiger partial charge on any atom is -0.497 e. The standard InChI is InChI=1S/C19H19BrN4O2/c1-12-7-8-14(10-16(12)18-17(20)11-21-24(18)2)23-19(25)22-13-5-4-6-15(9-13)26-3/h4-11H,1-3H3,(H2,22,23,25). The average Bonchev–Trinajstić information content (AvgIpc) is 2.95. The van der Waals surface area contributed by atoms with Crippen LogP contribution in [0.4, 0.5) is 16.2 Å². The Bertz CT molecular complexity index is 933. The number of aryl methyl sites for hydroxylation is 2. The molecule has 0 fully saturated rings. The smallest absolute Gasteiger partial charge is 0.323 e. The zero-order valence-corrected chi connectivity index (χ0v) is 16.3. The van der Waals surface area contributed by atoms with Crippen LogP contribution in [0.5, 0.6) is 5.75 Å². The summed E-state index contributed by atoms with van der Waals surface area (Å²) >= 11 is 3.53. The third-order valence-electron chi connectivity index (χ3n) is 3.97. The highest BCUT2D eigenvalue weighted by molar-refractivity contribution is 9.10. The second-order valence-electron chi connectivity index (χ2n) is 5.81. The van der Waals surface area contributed by atoms with Crippen molar-refractivity contribution in [1.29, 1.82) is 0 Å². The maximum absolute atomic E-state index is 12.3. The molecular weight excluding hydrogens is 396 g/mol. The van der Waals surface area contributed by atoms with Crippen LogP contribution in [-0.4, -0.2) is 22.9 Å². The van der Waals surface area contributed by atoms with Crippen LogP contribution in [0.1, 0.15) is 5.56 Å². The second-order valence-corrected chi connectivity index (χ2v) is 6.66. The first-order valence-corrected chi connectivity index (χ1v) is 8.78. The van der Waals surface area contributed by atoms with Gasteiger partial charge in [0.15, 0.2) is 0 Å². The van der Waals surface area contributed by atoms with Gasteiger partial charge in [-0.05, 0) is 52.7 Å². The van der Waals surface area contributed by atoms with Crippen molar-refractivity contribution in [2.45, 2.75) is 6.92 Å². The molecule has 0 radical (unpaired) electrons. The molecule has 1 aromatic heterocycles. The van der Waals surface area contributed by atoms with Crippen LogP contribution in [0.2, 0.25) is 0 Å². The van der Waals surface area contributed by atoms with Gasteiger partial charge in [-0.15, -0.1) is 0 Å². The number of rotatable bonds is 4. The maximum atomic E-state index is 12.3. The Labute approximate surface area is 160 Å². The summed E-state index contributed by atoms with van der Waals surface area (Å²) < 4.78 is 7.86. The lowest BCUT2D eigenvalue weighted by atomic mass is 10.0. The fourth-order valence-corrected chi connectivity index (χ4v) is 3.22. The van der Waals surface area contributed by atoms with E-state index in [1.165, 1.54) is 0 Å². The second kappa shape index (κ2) is 7.61. The van der Waals surface area contributed by atoms with Crippen LogP contribution in [0, 0.1) is 6.92 Å². The van der Waals surface area contributed by atoms with E-state index in [-0.39, 0.29) is 6.03 Å². The Kier molecular flexibility index (Phi) is 5.27. The monoisotopic (exact) mass is 414 g/mol. The number of anilines is 2. The molecule has 0 unspecified atom stereocenters. The highest BCUT2D eigenvalue weighted by Gasteiger charge is 2.13. The molecule has 1 heterocycles. The molecule has 0 aliphatic rings. The lowest BCUT2D eigenvalue weighted by molar-refractivity contribution is 0.262. The molecule has 0 aliphatic carbocycles. The number of urea groups is 1. The van der Waals surface area contributed by atoms with Crippen molar-refractivity contribution < 1.29 is 9.53 Å². The number of hydrogen-bond acceptors (Lipinski definition) is 3. The van der Waals surface area contributed by atoms with Crippen molar-refractivity contribution in [2.75, 3.05) is 17.7 Å². The van der Waals surface area contributed by atoms with Crippen LogP contribution in [0.15, 0.2) is 53.1 Å². The van der Waals surface area contributed by atoms with Gasteiger partial charge in [0.05, 0.1) is 23.5 Å². The largest absolute Gasteiger partial charge is 0.497 e. The van der Waals surface area contributed by atoms with Crippen LogP contribution in [0.25, 0.3) is 11.3 Å². The van der Waals surface area contributed by atoms with Crippen LogP contribution in [-0.2, 0) is 7.05 Å². The average molecular weight is 415 g/mol. The van der Waals surface area contributed by atoms with Crippen molar-refractivity contribution in [3.63, 3.8) is 0 Å². The highest BCUT2D eigenvalue weighted by Crippen LogP contribution is 2.32. The summed E-state index contributed by atoms with van der Waals surface area (Å²) in [6.07, 6.45) is 1.75. The van der Waals surface area contributed by atoms with E-state index in [4.69, 9.17) is 4.74 Å². The predicted molar refractivity (Wildman–Crippen MR) is 107 cm³/mol. The molecule has 2 aromatic carbocycles. The van der Waals surface area contributed by atoms with Gasteiger partial charge >= 0.3 is 6.03 Å². The number of nitrogens with zero attached hydrogens (tertiary/aromatic N) is 2. The number of methoxy groups -OCH3 is 1. The van der Waals surface area contributed by atoms with E-state index >= 15 is 0 Å². The zero-order valence-electron chi connectivity index (χ0n) is 14.7. The summed E-state index contributed by atoms with van der Waals surface area (Å²) in [5.74, 6) is 0.682. The summed E-state index contributed by atoms with van der Waals surface area (Å²) in [5.41, 5.74) is 4.39. The number of benzene rings is 2. The van der Waals surface area contributed by atoms with E-state index in [9.17, 15) is 4.79 Å². The first-order valence-electron chi connectivity index (χ1n) is 7.98. The molecule has 2 amide bonds. The molecule has 0 saturated heterocycles. The van der Waals surface area contributed by atoms with E-state index in [0.29, 0.717) is 17.1 Å². The Balaban J connectivity index is 1.80. The number of ether oxygens (including phenoxy) is 1. The van der Waals surface area contributed by atoms with Gasteiger partial charge in [0.1, 0.15) is 5.75 Å². The molecule has 0 atom stereocenters. The minimum absolute atomic E-state index is 0.322. The molecule has 2 N–H and O–H groups in total. The molecule has 0 saturated carbocycles. The van der Waals surface area contributed by atoms with Gasteiger partial charge in [-0.25, -0.2) is 4.79 Å². The van der Waals surface area contributed by atoms with Gasteiger partial charge in [-0.3, -0.25) is 4.68 Å². The Morgan fingerprint density at radius 3 is 2.54 bits per heavy atom. The van der Waals surface area contributed by atoms with Gasteiger partial charge in [0, 0.05) is 30.1 Å². The number of aromatic nitrogens is 2. The fourth-order valence-electron chi connectivity index (χ4n) is 2.66. The lowest BCUT2D eigenvalue weighted by Gasteiger charge is -2.12. The third kappa shape index (κ3) is 3.88. The fraction of sp³-hybridized carbons (Fsp3) is 0.158. The SMILES string of the molecule is COc1cccc(NC(=O)Nc2ccc(C)c(-c3c(Br)cnn3C)c2)c1. The van der Waals surface area contributed by atoms with E-state index in [2.05, 4.69) is 31.7 Å². The van der Waals surface area contributed by atoms with Crippen molar-refractivity contribution in [3.8, 4) is 17.0 Å². The van der Waals surface area contributed by atoms with Gasteiger partial charge in [0.2, 0.25) is 0 Å². The summed E-state index contributed by atoms with van der Waals surface area (Å²) in [6.45, 7) is 2.02. The number of amides is 2. The number of carbonyl (C=O) groups is 1. The van der Waals surface area contributed by atoms with E-state index in [0.717, 1.165) is 21.3 Å². The highest BCUT2D eigenvalue weighted by atomic mass is 79.9. The molecule has 3 rings (SSSR count). The van der Waals surface area contributed by atoms with Crippen molar-refractivity contribution in [2.24, 2.45) is 7.05 Å². The Hall–Kier alpha value is -2.80.